The number of aryl methyl sites for hydroxylation is 1. The molecule has 0 spiro atoms. The zero-order chi connectivity index (χ0) is 19.9. The molecule has 0 aliphatic carbocycles. The SMILES string of the molecule is CC(c1cccc(Cl)c1)N(C)C(=O)c1ccc2c(=O)n(C)c(=O)n(C)c2n1. The first-order valence-electron chi connectivity index (χ1n) is 8.31. The number of aromatic nitrogens is 3. The summed E-state index contributed by atoms with van der Waals surface area (Å²) in [5.74, 6) is -0.322. The van der Waals surface area contributed by atoms with Crippen LogP contribution in [0.3, 0.4) is 0 Å². The Morgan fingerprint density at radius 1 is 1.15 bits per heavy atom. The lowest BCUT2D eigenvalue weighted by Crippen LogP contribution is -2.37. The third-order valence-electron chi connectivity index (χ3n) is 4.75. The van der Waals surface area contributed by atoms with E-state index in [4.69, 9.17) is 11.6 Å². The van der Waals surface area contributed by atoms with Gasteiger partial charge in [0.05, 0.1) is 11.4 Å². The number of carbonyl (C=O) groups is 1. The van der Waals surface area contributed by atoms with Crippen molar-refractivity contribution >= 4 is 28.5 Å². The van der Waals surface area contributed by atoms with Gasteiger partial charge in [0.25, 0.3) is 11.5 Å². The van der Waals surface area contributed by atoms with Crippen LogP contribution in [0.15, 0.2) is 46.0 Å². The molecule has 1 unspecified atom stereocenters. The number of carbonyl (C=O) groups excluding carboxylic acids is 1. The fourth-order valence-electron chi connectivity index (χ4n) is 2.92. The third kappa shape index (κ3) is 3.26. The van der Waals surface area contributed by atoms with Crippen molar-refractivity contribution < 1.29 is 4.79 Å². The smallest absolute Gasteiger partial charge is 0.332 e. The van der Waals surface area contributed by atoms with Crippen molar-refractivity contribution in [2.45, 2.75) is 13.0 Å². The lowest BCUT2D eigenvalue weighted by atomic mass is 10.1. The van der Waals surface area contributed by atoms with Gasteiger partial charge in [-0.05, 0) is 36.8 Å². The monoisotopic (exact) mass is 386 g/mol. The average molecular weight is 387 g/mol. The molecule has 27 heavy (non-hydrogen) atoms. The van der Waals surface area contributed by atoms with Crippen LogP contribution in [-0.4, -0.2) is 32.0 Å². The molecule has 2 heterocycles. The number of nitrogens with zero attached hydrogens (tertiary/aromatic N) is 4. The summed E-state index contributed by atoms with van der Waals surface area (Å²) in [5.41, 5.74) is 0.283. The number of halogens is 1. The van der Waals surface area contributed by atoms with E-state index in [1.165, 1.54) is 30.8 Å². The van der Waals surface area contributed by atoms with Crippen LogP contribution in [0.4, 0.5) is 0 Å². The van der Waals surface area contributed by atoms with E-state index >= 15 is 0 Å². The molecule has 2 aromatic heterocycles. The summed E-state index contributed by atoms with van der Waals surface area (Å²) >= 11 is 6.04. The molecule has 0 radical (unpaired) electrons. The van der Waals surface area contributed by atoms with Crippen LogP contribution >= 0.6 is 11.6 Å². The predicted octanol–water partition coefficient (Wildman–Crippen LogP) is 2.12. The van der Waals surface area contributed by atoms with Crippen LogP contribution in [0.5, 0.6) is 0 Å². The van der Waals surface area contributed by atoms with Crippen LogP contribution in [0, 0.1) is 0 Å². The molecule has 1 amide bonds. The van der Waals surface area contributed by atoms with Gasteiger partial charge in [-0.3, -0.25) is 18.7 Å². The molecule has 0 aliphatic heterocycles. The van der Waals surface area contributed by atoms with Gasteiger partial charge >= 0.3 is 5.69 Å². The van der Waals surface area contributed by atoms with Crippen molar-refractivity contribution in [2.24, 2.45) is 14.1 Å². The van der Waals surface area contributed by atoms with Gasteiger partial charge in [-0.2, -0.15) is 0 Å². The Hall–Kier alpha value is -2.93. The van der Waals surface area contributed by atoms with E-state index in [0.717, 1.165) is 10.1 Å². The van der Waals surface area contributed by atoms with Crippen molar-refractivity contribution in [2.75, 3.05) is 7.05 Å². The Bertz CT molecular complexity index is 1170. The van der Waals surface area contributed by atoms with Crippen LogP contribution < -0.4 is 11.2 Å². The highest BCUT2D eigenvalue weighted by atomic mass is 35.5. The second-order valence-electron chi connectivity index (χ2n) is 6.42. The van der Waals surface area contributed by atoms with Crippen LogP contribution in [0.25, 0.3) is 11.0 Å². The molecule has 1 atom stereocenters. The zero-order valence-electron chi connectivity index (χ0n) is 15.4. The summed E-state index contributed by atoms with van der Waals surface area (Å²) in [6.45, 7) is 1.89. The Morgan fingerprint density at radius 2 is 1.85 bits per heavy atom. The molecule has 3 rings (SSSR count). The van der Waals surface area contributed by atoms with Gasteiger partial charge in [-0.25, -0.2) is 9.78 Å². The fourth-order valence-corrected chi connectivity index (χ4v) is 3.12. The standard InChI is InChI=1S/C19H19ClN4O3/c1-11(12-6-5-7-13(20)10-12)22(2)18(26)15-9-8-14-16(21-15)23(3)19(27)24(4)17(14)25/h5-11H,1-4H3. The first kappa shape index (κ1) is 18.8. The van der Waals surface area contributed by atoms with Gasteiger partial charge in [-0.15, -0.1) is 0 Å². The van der Waals surface area contributed by atoms with E-state index in [2.05, 4.69) is 4.98 Å². The van der Waals surface area contributed by atoms with E-state index in [9.17, 15) is 14.4 Å². The Labute approximate surface area is 160 Å². The minimum atomic E-state index is -0.495. The highest BCUT2D eigenvalue weighted by molar-refractivity contribution is 6.30. The lowest BCUT2D eigenvalue weighted by Gasteiger charge is -2.25. The van der Waals surface area contributed by atoms with Crippen molar-refractivity contribution in [1.82, 2.24) is 19.0 Å². The summed E-state index contributed by atoms with van der Waals surface area (Å²) in [6.07, 6.45) is 0. The molecule has 140 valence electrons. The molecular formula is C19H19ClN4O3. The van der Waals surface area contributed by atoms with Gasteiger partial charge < -0.3 is 4.90 Å². The topological polar surface area (TPSA) is 77.2 Å². The van der Waals surface area contributed by atoms with Gasteiger partial charge in [0, 0.05) is 26.2 Å². The molecular weight excluding hydrogens is 368 g/mol. The maximum atomic E-state index is 12.9. The predicted molar refractivity (Wildman–Crippen MR) is 104 cm³/mol. The molecule has 3 aromatic rings. The summed E-state index contributed by atoms with van der Waals surface area (Å²) in [7, 11) is 4.59. The molecule has 7 nitrogen and oxygen atoms in total. The second-order valence-corrected chi connectivity index (χ2v) is 6.86. The molecule has 0 bridgehead atoms. The number of hydrogen-bond acceptors (Lipinski definition) is 4. The minimum Gasteiger partial charge on any atom is -0.334 e. The summed E-state index contributed by atoms with van der Waals surface area (Å²) in [5, 5.41) is 0.872. The number of amides is 1. The summed E-state index contributed by atoms with van der Waals surface area (Å²) in [4.78, 5) is 43.1. The van der Waals surface area contributed by atoms with E-state index < -0.39 is 11.2 Å². The van der Waals surface area contributed by atoms with Crippen molar-refractivity contribution in [3.8, 4) is 0 Å². The highest BCUT2D eigenvalue weighted by Crippen LogP contribution is 2.23. The molecule has 0 saturated heterocycles. The van der Waals surface area contributed by atoms with Crippen molar-refractivity contribution in [1.29, 1.82) is 0 Å². The van der Waals surface area contributed by atoms with Crippen molar-refractivity contribution in [3.63, 3.8) is 0 Å². The summed E-state index contributed by atoms with van der Waals surface area (Å²) < 4.78 is 2.27. The molecule has 8 heteroatoms. The van der Waals surface area contributed by atoms with Gasteiger partial charge in [-0.1, -0.05) is 23.7 Å². The van der Waals surface area contributed by atoms with Crippen LogP contribution in [0.2, 0.25) is 5.02 Å². The van der Waals surface area contributed by atoms with E-state index in [-0.39, 0.29) is 28.7 Å². The van der Waals surface area contributed by atoms with Gasteiger partial charge in [0.2, 0.25) is 0 Å². The minimum absolute atomic E-state index is 0.155. The lowest BCUT2D eigenvalue weighted by molar-refractivity contribution is 0.0737. The van der Waals surface area contributed by atoms with Crippen LogP contribution in [-0.2, 0) is 14.1 Å². The zero-order valence-corrected chi connectivity index (χ0v) is 16.2. The van der Waals surface area contributed by atoms with Gasteiger partial charge in [0.15, 0.2) is 0 Å². The Kier molecular flexibility index (Phi) is 4.89. The molecule has 0 aliphatic rings. The molecule has 0 saturated carbocycles. The van der Waals surface area contributed by atoms with E-state index in [1.54, 1.807) is 24.1 Å². The number of fused-ring (bicyclic) bond motifs is 1. The van der Waals surface area contributed by atoms with Gasteiger partial charge in [0.1, 0.15) is 11.3 Å². The quantitative estimate of drug-likeness (QED) is 0.690. The van der Waals surface area contributed by atoms with Crippen molar-refractivity contribution in [3.05, 3.63) is 73.5 Å². The van der Waals surface area contributed by atoms with Crippen LogP contribution in [0.1, 0.15) is 29.0 Å². The highest BCUT2D eigenvalue weighted by Gasteiger charge is 2.21. The first-order chi connectivity index (χ1) is 12.7. The Balaban J connectivity index is 2.03. The first-order valence-corrected chi connectivity index (χ1v) is 8.69. The van der Waals surface area contributed by atoms with E-state index in [1.807, 2.05) is 19.1 Å². The number of benzene rings is 1. The molecule has 0 fully saturated rings. The number of hydrogen-bond donors (Lipinski definition) is 0. The maximum Gasteiger partial charge on any atom is 0.332 e. The average Bonchev–Trinajstić information content (AvgIpc) is 2.68. The van der Waals surface area contributed by atoms with E-state index in [0.29, 0.717) is 5.02 Å². The Morgan fingerprint density at radius 3 is 2.52 bits per heavy atom. The number of rotatable bonds is 3. The fraction of sp³-hybridized carbons (Fsp3) is 0.263. The molecule has 1 aromatic carbocycles. The summed E-state index contributed by atoms with van der Waals surface area (Å²) in [6, 6.07) is 10.1. The third-order valence-corrected chi connectivity index (χ3v) is 4.99. The molecule has 0 N–H and O–H groups in total. The largest absolute Gasteiger partial charge is 0.334 e. The maximum absolute atomic E-state index is 12.9. The second kappa shape index (κ2) is 7.00. The normalized spacial score (nSPS) is 12.2. The number of pyridine rings is 1.